The number of rotatable bonds is 6. The van der Waals surface area contributed by atoms with Crippen LogP contribution in [0.4, 0.5) is 5.69 Å². The first-order chi connectivity index (χ1) is 11.1. The van der Waals surface area contributed by atoms with Gasteiger partial charge in [-0.1, -0.05) is 36.4 Å². The van der Waals surface area contributed by atoms with Crippen LogP contribution in [0.3, 0.4) is 0 Å². The molecule has 23 heavy (non-hydrogen) atoms. The average molecular weight is 311 g/mol. The van der Waals surface area contributed by atoms with Crippen LogP contribution in [0.2, 0.25) is 0 Å². The van der Waals surface area contributed by atoms with Crippen LogP contribution >= 0.6 is 0 Å². The number of amides is 1. The van der Waals surface area contributed by atoms with Crippen LogP contribution < -0.4 is 5.32 Å². The lowest BCUT2D eigenvalue weighted by Gasteiger charge is -2.10. The van der Waals surface area contributed by atoms with Gasteiger partial charge in [0.05, 0.1) is 6.61 Å². The Morgan fingerprint density at radius 3 is 2.30 bits per heavy atom. The molecule has 5 nitrogen and oxygen atoms in total. The van der Waals surface area contributed by atoms with Crippen LogP contribution in [-0.2, 0) is 20.7 Å². The lowest BCUT2D eigenvalue weighted by atomic mass is 10.1. The minimum Gasteiger partial charge on any atom is -0.460 e. The maximum absolute atomic E-state index is 12.2. The van der Waals surface area contributed by atoms with Gasteiger partial charge in [-0.15, -0.1) is 0 Å². The van der Waals surface area contributed by atoms with Crippen molar-refractivity contribution < 1.29 is 19.1 Å². The molecule has 0 fully saturated rings. The highest BCUT2D eigenvalue weighted by molar-refractivity contribution is 6.34. The van der Waals surface area contributed by atoms with E-state index in [-0.39, 0.29) is 18.9 Å². The van der Waals surface area contributed by atoms with E-state index in [1.165, 1.54) is 0 Å². The summed E-state index contributed by atoms with van der Waals surface area (Å²) in [6, 6.07) is 15.6. The first-order valence-corrected chi connectivity index (χ1v) is 7.26. The van der Waals surface area contributed by atoms with Gasteiger partial charge in [0, 0.05) is 17.7 Å². The number of nitrogens with one attached hydrogen (secondary N) is 1. The van der Waals surface area contributed by atoms with Crippen molar-refractivity contribution in [3.63, 3.8) is 0 Å². The van der Waals surface area contributed by atoms with Crippen LogP contribution in [0.5, 0.6) is 0 Å². The second-order valence-corrected chi connectivity index (χ2v) is 4.80. The fraction of sp³-hybridized carbons (Fsp3) is 0.167. The Balaban J connectivity index is 2.13. The number of anilines is 1. The van der Waals surface area contributed by atoms with E-state index in [2.05, 4.69) is 5.32 Å². The predicted octanol–water partition coefficient (Wildman–Crippen LogP) is 2.61. The number of benzene rings is 2. The quantitative estimate of drug-likeness (QED) is 0.657. The topological polar surface area (TPSA) is 72.5 Å². The number of hydrogen-bond donors (Lipinski definition) is 1. The number of hydrogen-bond acceptors (Lipinski definition) is 4. The van der Waals surface area contributed by atoms with Gasteiger partial charge in [0.1, 0.15) is 0 Å². The Labute approximate surface area is 134 Å². The van der Waals surface area contributed by atoms with Gasteiger partial charge in [0.25, 0.3) is 5.91 Å². The Hall–Kier alpha value is -2.95. The second-order valence-electron chi connectivity index (χ2n) is 4.80. The molecule has 0 aromatic heterocycles. The zero-order valence-corrected chi connectivity index (χ0v) is 12.7. The first-order valence-electron chi connectivity index (χ1n) is 7.26. The van der Waals surface area contributed by atoms with E-state index in [9.17, 15) is 14.4 Å². The number of ketones is 1. The summed E-state index contributed by atoms with van der Waals surface area (Å²) in [5.41, 5.74) is 1.58. The van der Waals surface area contributed by atoms with Crippen molar-refractivity contribution in [2.45, 2.75) is 13.3 Å². The lowest BCUT2D eigenvalue weighted by molar-refractivity contribution is -0.153. The van der Waals surface area contributed by atoms with Gasteiger partial charge in [0.15, 0.2) is 0 Å². The number of esters is 1. The summed E-state index contributed by atoms with van der Waals surface area (Å²) in [7, 11) is 0. The normalized spacial score (nSPS) is 9.96. The van der Waals surface area contributed by atoms with Gasteiger partial charge in [-0.2, -0.15) is 0 Å². The van der Waals surface area contributed by atoms with Crippen LogP contribution in [-0.4, -0.2) is 24.3 Å². The zero-order chi connectivity index (χ0) is 16.7. The molecule has 1 N–H and O–H groups in total. The highest BCUT2D eigenvalue weighted by Crippen LogP contribution is 2.17. The number of Topliss-reactive ketones (excluding diaryl/α,β-unsaturated/α-hetero) is 1. The van der Waals surface area contributed by atoms with E-state index in [0.29, 0.717) is 16.8 Å². The van der Waals surface area contributed by atoms with Crippen molar-refractivity contribution in [2.75, 3.05) is 11.9 Å². The van der Waals surface area contributed by atoms with Crippen molar-refractivity contribution >= 4 is 23.3 Å². The van der Waals surface area contributed by atoms with Gasteiger partial charge in [-0.05, 0) is 30.7 Å². The zero-order valence-electron chi connectivity index (χ0n) is 12.7. The van der Waals surface area contributed by atoms with E-state index in [4.69, 9.17) is 4.74 Å². The molecule has 0 atom stereocenters. The third-order valence-corrected chi connectivity index (χ3v) is 3.16. The molecule has 2 rings (SSSR count). The highest BCUT2D eigenvalue weighted by Gasteiger charge is 2.18. The SMILES string of the molecule is CCOC(=O)C(=O)Cc1ccccc1NC(=O)c1ccccc1. The molecule has 118 valence electrons. The van der Waals surface area contributed by atoms with Crippen molar-refractivity contribution in [3.05, 3.63) is 65.7 Å². The molecule has 0 spiro atoms. The molecule has 0 bridgehead atoms. The fourth-order valence-corrected chi connectivity index (χ4v) is 2.04. The van der Waals surface area contributed by atoms with Gasteiger partial charge in [-0.3, -0.25) is 9.59 Å². The predicted molar refractivity (Wildman–Crippen MR) is 86.2 cm³/mol. The summed E-state index contributed by atoms with van der Waals surface area (Å²) in [5, 5.41) is 2.76. The summed E-state index contributed by atoms with van der Waals surface area (Å²) < 4.78 is 4.69. The van der Waals surface area contributed by atoms with E-state index in [1.807, 2.05) is 6.07 Å². The number of para-hydroxylation sites is 1. The van der Waals surface area contributed by atoms with E-state index in [1.54, 1.807) is 55.5 Å². The maximum Gasteiger partial charge on any atom is 0.374 e. The molecule has 1 amide bonds. The van der Waals surface area contributed by atoms with Crippen LogP contribution in [0.15, 0.2) is 54.6 Å². The highest BCUT2D eigenvalue weighted by atomic mass is 16.5. The molecule has 0 saturated heterocycles. The van der Waals surface area contributed by atoms with Gasteiger partial charge < -0.3 is 10.1 Å². The Kier molecular flexibility index (Phi) is 5.63. The molecular weight excluding hydrogens is 294 g/mol. The van der Waals surface area contributed by atoms with E-state index < -0.39 is 11.8 Å². The van der Waals surface area contributed by atoms with Crippen molar-refractivity contribution in [2.24, 2.45) is 0 Å². The van der Waals surface area contributed by atoms with Crippen LogP contribution in [0.1, 0.15) is 22.8 Å². The third-order valence-electron chi connectivity index (χ3n) is 3.16. The Morgan fingerprint density at radius 2 is 1.61 bits per heavy atom. The molecule has 0 unspecified atom stereocenters. The molecule has 5 heteroatoms. The minimum atomic E-state index is -0.864. The third kappa shape index (κ3) is 4.51. The molecule has 0 saturated carbocycles. The Morgan fingerprint density at radius 1 is 0.957 bits per heavy atom. The monoisotopic (exact) mass is 311 g/mol. The number of carbonyl (C=O) groups excluding carboxylic acids is 3. The minimum absolute atomic E-state index is 0.121. The summed E-state index contributed by atoms with van der Waals surface area (Å²) in [5.74, 6) is -1.79. The lowest BCUT2D eigenvalue weighted by Crippen LogP contribution is -2.20. The number of ether oxygens (including phenoxy) is 1. The summed E-state index contributed by atoms with van der Waals surface area (Å²) in [4.78, 5) is 35.5. The van der Waals surface area contributed by atoms with Gasteiger partial charge in [0.2, 0.25) is 5.78 Å². The van der Waals surface area contributed by atoms with Gasteiger partial charge in [-0.25, -0.2) is 4.79 Å². The summed E-state index contributed by atoms with van der Waals surface area (Å²) in [6.45, 7) is 1.79. The summed E-state index contributed by atoms with van der Waals surface area (Å²) in [6.07, 6.45) is -0.121. The molecular formula is C18H17NO4. The summed E-state index contributed by atoms with van der Waals surface area (Å²) >= 11 is 0. The molecule has 0 aliphatic heterocycles. The standard InChI is InChI=1S/C18H17NO4/c1-2-23-18(22)16(20)12-14-10-6-7-11-15(14)19-17(21)13-8-4-3-5-9-13/h3-11H,2,12H2,1H3,(H,19,21). The molecule has 0 aliphatic rings. The molecule has 0 heterocycles. The maximum atomic E-state index is 12.2. The Bertz CT molecular complexity index is 710. The van der Waals surface area contributed by atoms with Crippen molar-refractivity contribution in [1.82, 2.24) is 0 Å². The molecule has 0 aliphatic carbocycles. The molecule has 2 aromatic rings. The van der Waals surface area contributed by atoms with Crippen molar-refractivity contribution in [3.8, 4) is 0 Å². The van der Waals surface area contributed by atoms with Crippen LogP contribution in [0.25, 0.3) is 0 Å². The smallest absolute Gasteiger partial charge is 0.374 e. The van der Waals surface area contributed by atoms with Crippen LogP contribution in [0, 0.1) is 0 Å². The molecule has 2 aromatic carbocycles. The average Bonchev–Trinajstić information content (AvgIpc) is 2.57. The van der Waals surface area contributed by atoms with Gasteiger partial charge >= 0.3 is 5.97 Å². The second kappa shape index (κ2) is 7.89. The first kappa shape index (κ1) is 16.4. The fourth-order valence-electron chi connectivity index (χ4n) is 2.04. The van der Waals surface area contributed by atoms with E-state index in [0.717, 1.165) is 0 Å². The largest absolute Gasteiger partial charge is 0.460 e. The van der Waals surface area contributed by atoms with Crippen molar-refractivity contribution in [1.29, 1.82) is 0 Å². The van der Waals surface area contributed by atoms with E-state index >= 15 is 0 Å². The number of carbonyl (C=O) groups is 3. The molecule has 0 radical (unpaired) electrons.